The van der Waals surface area contributed by atoms with Gasteiger partial charge >= 0.3 is 0 Å². The molecule has 0 N–H and O–H groups in total. The summed E-state index contributed by atoms with van der Waals surface area (Å²) >= 11 is 0. The van der Waals surface area contributed by atoms with E-state index in [0.717, 1.165) is 16.7 Å². The van der Waals surface area contributed by atoms with Gasteiger partial charge in [-0.2, -0.15) is 0 Å². The molecule has 0 saturated carbocycles. The fourth-order valence-corrected chi connectivity index (χ4v) is 4.83. The molecule has 2 aliphatic rings. The molecular formula is C26H22N2O2. The third-order valence-corrected chi connectivity index (χ3v) is 6.22. The van der Waals surface area contributed by atoms with Crippen LogP contribution in [0.15, 0.2) is 97.3 Å². The number of hydrogen-bond donors (Lipinski definition) is 0. The summed E-state index contributed by atoms with van der Waals surface area (Å²) < 4.78 is 0. The molecule has 0 spiro atoms. The minimum absolute atomic E-state index is 0.0898. The van der Waals surface area contributed by atoms with Crippen LogP contribution in [0.3, 0.4) is 0 Å². The number of amides is 2. The van der Waals surface area contributed by atoms with Crippen molar-refractivity contribution < 1.29 is 9.59 Å². The smallest absolute Gasteiger partial charge is 0.234 e. The van der Waals surface area contributed by atoms with Crippen molar-refractivity contribution in [3.05, 3.63) is 114 Å². The van der Waals surface area contributed by atoms with Crippen LogP contribution >= 0.6 is 0 Å². The fourth-order valence-electron chi connectivity index (χ4n) is 4.83. The molecule has 1 fully saturated rings. The van der Waals surface area contributed by atoms with Crippen molar-refractivity contribution >= 4 is 11.8 Å². The van der Waals surface area contributed by atoms with E-state index in [1.165, 1.54) is 4.90 Å². The maximum absolute atomic E-state index is 13.6. The molecule has 30 heavy (non-hydrogen) atoms. The highest BCUT2D eigenvalue weighted by molar-refractivity contribution is 6.06. The molecule has 2 amide bonds. The summed E-state index contributed by atoms with van der Waals surface area (Å²) in [5.41, 5.74) is 3.00. The first-order valence-electron chi connectivity index (χ1n) is 10.3. The summed E-state index contributed by atoms with van der Waals surface area (Å²) in [5.74, 6) is -1.18. The number of benzene rings is 2. The van der Waals surface area contributed by atoms with Crippen molar-refractivity contribution in [2.24, 2.45) is 11.8 Å². The zero-order valence-corrected chi connectivity index (χ0v) is 16.5. The third kappa shape index (κ3) is 3.14. The number of fused-ring (bicyclic) bond motifs is 1. The Morgan fingerprint density at radius 2 is 1.23 bits per heavy atom. The van der Waals surface area contributed by atoms with E-state index in [1.54, 1.807) is 12.4 Å². The van der Waals surface area contributed by atoms with E-state index in [9.17, 15) is 9.59 Å². The van der Waals surface area contributed by atoms with E-state index in [2.05, 4.69) is 17.1 Å². The first-order valence-corrected chi connectivity index (χ1v) is 10.3. The number of nitrogens with zero attached hydrogens (tertiary/aromatic N) is 2. The lowest BCUT2D eigenvalue weighted by molar-refractivity contribution is -0.140. The van der Waals surface area contributed by atoms with Crippen molar-refractivity contribution in [3.8, 4) is 0 Å². The lowest BCUT2D eigenvalue weighted by atomic mass is 9.68. The zero-order valence-electron chi connectivity index (χ0n) is 16.5. The summed E-state index contributed by atoms with van der Waals surface area (Å²) in [6.07, 6.45) is 7.64. The Bertz CT molecular complexity index is 1010. The third-order valence-electron chi connectivity index (χ3n) is 6.22. The van der Waals surface area contributed by atoms with Gasteiger partial charge in [0.1, 0.15) is 0 Å². The molecule has 148 valence electrons. The van der Waals surface area contributed by atoms with Gasteiger partial charge in [-0.25, -0.2) is 0 Å². The zero-order chi connectivity index (χ0) is 20.5. The van der Waals surface area contributed by atoms with Gasteiger partial charge in [-0.15, -0.1) is 0 Å². The number of carbonyl (C=O) groups excluding carboxylic acids is 2. The lowest BCUT2D eigenvalue weighted by Crippen LogP contribution is -2.31. The van der Waals surface area contributed by atoms with E-state index < -0.39 is 11.8 Å². The molecule has 0 bridgehead atoms. The van der Waals surface area contributed by atoms with Gasteiger partial charge < -0.3 is 0 Å². The van der Waals surface area contributed by atoms with Crippen molar-refractivity contribution in [1.82, 2.24) is 9.88 Å². The largest absolute Gasteiger partial charge is 0.277 e. The van der Waals surface area contributed by atoms with Crippen molar-refractivity contribution in [2.75, 3.05) is 0 Å². The maximum atomic E-state index is 13.6. The quantitative estimate of drug-likeness (QED) is 0.489. The van der Waals surface area contributed by atoms with Crippen LogP contribution < -0.4 is 0 Å². The molecule has 2 aromatic carbocycles. The van der Waals surface area contributed by atoms with Crippen molar-refractivity contribution in [3.63, 3.8) is 0 Å². The molecule has 1 aromatic heterocycles. The fraction of sp³-hybridized carbons (Fsp3) is 0.192. The van der Waals surface area contributed by atoms with Crippen molar-refractivity contribution in [2.45, 2.75) is 18.4 Å². The number of hydrogen-bond acceptors (Lipinski definition) is 3. The van der Waals surface area contributed by atoms with Gasteiger partial charge in [-0.1, -0.05) is 78.9 Å². The summed E-state index contributed by atoms with van der Waals surface area (Å²) in [7, 11) is 0. The van der Waals surface area contributed by atoms with Crippen LogP contribution in [0.5, 0.6) is 0 Å². The van der Waals surface area contributed by atoms with Gasteiger partial charge in [0.05, 0.1) is 18.4 Å². The number of aromatic nitrogens is 1. The highest BCUT2D eigenvalue weighted by atomic mass is 16.2. The van der Waals surface area contributed by atoms with E-state index in [-0.39, 0.29) is 30.2 Å². The average Bonchev–Trinajstić information content (AvgIpc) is 3.06. The van der Waals surface area contributed by atoms with Crippen LogP contribution in [0.1, 0.15) is 28.5 Å². The molecule has 4 atom stereocenters. The Labute approximate surface area is 175 Å². The highest BCUT2D eigenvalue weighted by Crippen LogP contribution is 2.49. The molecular weight excluding hydrogens is 372 g/mol. The number of carbonyl (C=O) groups is 2. The van der Waals surface area contributed by atoms with Gasteiger partial charge in [0.2, 0.25) is 11.8 Å². The Hall–Kier alpha value is -3.53. The van der Waals surface area contributed by atoms with Crippen molar-refractivity contribution in [1.29, 1.82) is 0 Å². The molecule has 1 aliphatic heterocycles. The minimum Gasteiger partial charge on any atom is -0.277 e. The van der Waals surface area contributed by atoms with Crippen LogP contribution in [0.4, 0.5) is 0 Å². The Morgan fingerprint density at radius 1 is 0.700 bits per heavy atom. The van der Waals surface area contributed by atoms with Gasteiger partial charge in [-0.05, 0) is 22.8 Å². The van der Waals surface area contributed by atoms with Gasteiger partial charge in [-0.3, -0.25) is 19.5 Å². The molecule has 1 saturated heterocycles. The molecule has 4 unspecified atom stereocenters. The minimum atomic E-state index is -0.397. The molecule has 4 heteroatoms. The summed E-state index contributed by atoms with van der Waals surface area (Å²) in [4.78, 5) is 32.7. The predicted molar refractivity (Wildman–Crippen MR) is 114 cm³/mol. The van der Waals surface area contributed by atoms with E-state index in [4.69, 9.17) is 0 Å². The summed E-state index contributed by atoms with van der Waals surface area (Å²) in [6, 6.07) is 23.7. The number of allylic oxidation sites excluding steroid dienone is 2. The first kappa shape index (κ1) is 18.5. The predicted octanol–water partition coefficient (Wildman–Crippen LogP) is 4.32. The van der Waals surface area contributed by atoms with E-state index >= 15 is 0 Å². The molecule has 1 aliphatic carbocycles. The molecule has 4 nitrogen and oxygen atoms in total. The number of likely N-dealkylation sites (tertiary alicyclic amines) is 1. The van der Waals surface area contributed by atoms with Gasteiger partial charge in [0.25, 0.3) is 0 Å². The van der Waals surface area contributed by atoms with Gasteiger partial charge in [0, 0.05) is 24.2 Å². The maximum Gasteiger partial charge on any atom is 0.234 e. The number of pyridine rings is 1. The van der Waals surface area contributed by atoms with E-state index in [1.807, 2.05) is 72.8 Å². The van der Waals surface area contributed by atoms with Crippen LogP contribution in [0.2, 0.25) is 0 Å². The standard InChI is InChI=1S/C26H22N2O2/c29-25-23-21(19-9-3-1-4-10-19)13-14-22(20-11-5-2-6-12-20)24(23)26(30)28(25)17-18-8-7-15-27-16-18/h1-16,21-24H,17H2. The highest BCUT2D eigenvalue weighted by Gasteiger charge is 2.54. The SMILES string of the molecule is O=C1C2C(c3ccccc3)C=CC(c3ccccc3)C2C(=O)N1Cc1cccnc1. The monoisotopic (exact) mass is 394 g/mol. The van der Waals surface area contributed by atoms with Crippen LogP contribution in [-0.2, 0) is 16.1 Å². The second-order valence-corrected chi connectivity index (χ2v) is 7.93. The average molecular weight is 394 g/mol. The molecule has 2 heterocycles. The van der Waals surface area contributed by atoms with Crippen LogP contribution in [0.25, 0.3) is 0 Å². The van der Waals surface area contributed by atoms with E-state index in [0.29, 0.717) is 0 Å². The van der Waals surface area contributed by atoms with Gasteiger partial charge in [0.15, 0.2) is 0 Å². The number of imide groups is 1. The first-order chi connectivity index (χ1) is 14.7. The Kier molecular flexibility index (Phi) is 4.75. The lowest BCUT2D eigenvalue weighted by Gasteiger charge is -2.32. The summed E-state index contributed by atoms with van der Waals surface area (Å²) in [6.45, 7) is 0.265. The molecule has 0 radical (unpaired) electrons. The van der Waals surface area contributed by atoms with Crippen LogP contribution in [-0.4, -0.2) is 21.7 Å². The molecule has 5 rings (SSSR count). The topological polar surface area (TPSA) is 50.3 Å². The second-order valence-electron chi connectivity index (χ2n) is 7.93. The normalized spacial score (nSPS) is 25.4. The second kappa shape index (κ2) is 7.71. The Morgan fingerprint density at radius 3 is 1.70 bits per heavy atom. The number of rotatable bonds is 4. The Balaban J connectivity index is 1.57. The van der Waals surface area contributed by atoms with Crippen LogP contribution in [0, 0.1) is 11.8 Å². The summed E-state index contributed by atoms with van der Waals surface area (Å²) in [5, 5.41) is 0. The molecule has 3 aromatic rings.